The summed E-state index contributed by atoms with van der Waals surface area (Å²) in [4.78, 5) is 11.5. The Bertz CT molecular complexity index is 325. The first-order valence-corrected chi connectivity index (χ1v) is 4.85. The molecular weight excluding hydrogens is 184 g/mol. The standard InChI is InChI=1S/C9H12N2OS/c1-6-4-7(2-3-8(6)10)13-5-9(11)12/h2-4H,5,10H2,1H3,(H2,11,12). The van der Waals surface area contributed by atoms with E-state index in [9.17, 15) is 4.79 Å². The van der Waals surface area contributed by atoms with Gasteiger partial charge in [-0.15, -0.1) is 11.8 Å². The van der Waals surface area contributed by atoms with Crippen molar-refractivity contribution in [2.45, 2.75) is 11.8 Å². The van der Waals surface area contributed by atoms with E-state index in [-0.39, 0.29) is 5.91 Å². The van der Waals surface area contributed by atoms with E-state index in [1.54, 1.807) is 0 Å². The Morgan fingerprint density at radius 2 is 2.23 bits per heavy atom. The zero-order valence-corrected chi connectivity index (χ0v) is 8.23. The predicted octanol–water partition coefficient (Wildman–Crippen LogP) is 1.15. The van der Waals surface area contributed by atoms with Crippen molar-refractivity contribution < 1.29 is 4.79 Å². The molecule has 0 bridgehead atoms. The van der Waals surface area contributed by atoms with E-state index in [1.165, 1.54) is 11.8 Å². The van der Waals surface area contributed by atoms with Gasteiger partial charge in [-0.3, -0.25) is 4.79 Å². The summed E-state index contributed by atoms with van der Waals surface area (Å²) in [6.07, 6.45) is 0. The lowest BCUT2D eigenvalue weighted by Crippen LogP contribution is -2.12. The predicted molar refractivity (Wildman–Crippen MR) is 55.5 cm³/mol. The Morgan fingerprint density at radius 1 is 1.54 bits per heavy atom. The Kier molecular flexibility index (Phi) is 3.19. The van der Waals surface area contributed by atoms with Crippen molar-refractivity contribution in [3.8, 4) is 0 Å². The molecule has 1 aromatic rings. The third-order valence-corrected chi connectivity index (χ3v) is 2.64. The van der Waals surface area contributed by atoms with Gasteiger partial charge in [-0.25, -0.2) is 0 Å². The van der Waals surface area contributed by atoms with Crippen LogP contribution in [0.2, 0.25) is 0 Å². The molecule has 1 aromatic carbocycles. The van der Waals surface area contributed by atoms with Crippen LogP contribution in [0.4, 0.5) is 5.69 Å². The summed E-state index contributed by atoms with van der Waals surface area (Å²) in [5, 5.41) is 0. The highest BCUT2D eigenvalue weighted by Crippen LogP contribution is 2.21. The Hall–Kier alpha value is -1.16. The first-order valence-electron chi connectivity index (χ1n) is 3.87. The second-order valence-electron chi connectivity index (χ2n) is 2.77. The van der Waals surface area contributed by atoms with Crippen molar-refractivity contribution >= 4 is 23.4 Å². The van der Waals surface area contributed by atoms with Crippen molar-refractivity contribution in [3.63, 3.8) is 0 Å². The molecule has 0 atom stereocenters. The maximum absolute atomic E-state index is 10.5. The van der Waals surface area contributed by atoms with Gasteiger partial charge in [0, 0.05) is 10.6 Å². The van der Waals surface area contributed by atoms with E-state index in [2.05, 4.69) is 0 Å². The second-order valence-corrected chi connectivity index (χ2v) is 3.82. The lowest BCUT2D eigenvalue weighted by atomic mass is 10.2. The Labute approximate surface area is 81.5 Å². The Balaban J connectivity index is 2.68. The van der Waals surface area contributed by atoms with Crippen LogP contribution in [0.25, 0.3) is 0 Å². The van der Waals surface area contributed by atoms with Crippen LogP contribution in [-0.4, -0.2) is 11.7 Å². The van der Waals surface area contributed by atoms with Gasteiger partial charge in [0.2, 0.25) is 5.91 Å². The van der Waals surface area contributed by atoms with Gasteiger partial charge in [-0.2, -0.15) is 0 Å². The average Bonchev–Trinajstić information content (AvgIpc) is 2.07. The van der Waals surface area contributed by atoms with Gasteiger partial charge >= 0.3 is 0 Å². The minimum atomic E-state index is -0.306. The number of anilines is 1. The molecule has 0 aliphatic carbocycles. The number of carbonyl (C=O) groups excluding carboxylic acids is 1. The summed E-state index contributed by atoms with van der Waals surface area (Å²) >= 11 is 1.42. The van der Waals surface area contributed by atoms with Crippen LogP contribution >= 0.6 is 11.8 Å². The number of amides is 1. The van der Waals surface area contributed by atoms with Crippen LogP contribution in [0.5, 0.6) is 0 Å². The number of carbonyl (C=O) groups is 1. The van der Waals surface area contributed by atoms with E-state index >= 15 is 0 Å². The number of primary amides is 1. The van der Waals surface area contributed by atoms with E-state index in [4.69, 9.17) is 11.5 Å². The summed E-state index contributed by atoms with van der Waals surface area (Å²) in [5.74, 6) is 0.00285. The summed E-state index contributed by atoms with van der Waals surface area (Å²) in [6.45, 7) is 1.93. The van der Waals surface area contributed by atoms with Crippen molar-refractivity contribution in [3.05, 3.63) is 23.8 Å². The van der Waals surface area contributed by atoms with Gasteiger partial charge in [0.25, 0.3) is 0 Å². The number of hydrogen-bond acceptors (Lipinski definition) is 3. The highest BCUT2D eigenvalue weighted by Gasteiger charge is 1.99. The normalized spacial score (nSPS) is 9.92. The van der Waals surface area contributed by atoms with Crippen LogP contribution in [0.3, 0.4) is 0 Å². The summed E-state index contributed by atoms with van der Waals surface area (Å²) in [5.41, 5.74) is 12.5. The molecule has 0 heterocycles. The fraction of sp³-hybridized carbons (Fsp3) is 0.222. The second kappa shape index (κ2) is 4.18. The minimum Gasteiger partial charge on any atom is -0.399 e. The third kappa shape index (κ3) is 2.99. The van der Waals surface area contributed by atoms with E-state index < -0.39 is 0 Å². The van der Waals surface area contributed by atoms with Gasteiger partial charge in [-0.05, 0) is 30.7 Å². The van der Waals surface area contributed by atoms with Gasteiger partial charge < -0.3 is 11.5 Å². The van der Waals surface area contributed by atoms with Crippen molar-refractivity contribution in [2.24, 2.45) is 5.73 Å². The number of benzene rings is 1. The first-order chi connectivity index (χ1) is 6.09. The van der Waals surface area contributed by atoms with Gasteiger partial charge in [0.15, 0.2) is 0 Å². The smallest absolute Gasteiger partial charge is 0.227 e. The SMILES string of the molecule is Cc1cc(SCC(N)=O)ccc1N. The molecule has 0 spiro atoms. The lowest BCUT2D eigenvalue weighted by molar-refractivity contribution is -0.115. The van der Waals surface area contributed by atoms with E-state index in [0.29, 0.717) is 5.75 Å². The van der Waals surface area contributed by atoms with E-state index in [1.807, 2.05) is 25.1 Å². The fourth-order valence-electron chi connectivity index (χ4n) is 0.892. The maximum Gasteiger partial charge on any atom is 0.227 e. The van der Waals surface area contributed by atoms with Gasteiger partial charge in [0.1, 0.15) is 0 Å². The molecule has 4 heteroatoms. The molecule has 0 saturated heterocycles. The molecule has 0 aliphatic rings. The first kappa shape index (κ1) is 9.92. The molecule has 0 unspecified atom stereocenters. The molecule has 1 rings (SSSR count). The molecule has 3 nitrogen and oxygen atoms in total. The quantitative estimate of drug-likeness (QED) is 0.563. The molecule has 70 valence electrons. The number of nitrogens with two attached hydrogens (primary N) is 2. The summed E-state index contributed by atoms with van der Waals surface area (Å²) < 4.78 is 0. The topological polar surface area (TPSA) is 69.1 Å². The molecule has 0 saturated carbocycles. The largest absolute Gasteiger partial charge is 0.399 e. The van der Waals surface area contributed by atoms with Crippen LogP contribution in [0.15, 0.2) is 23.1 Å². The van der Waals surface area contributed by atoms with Crippen LogP contribution in [0.1, 0.15) is 5.56 Å². The molecule has 4 N–H and O–H groups in total. The molecule has 1 amide bonds. The zero-order valence-electron chi connectivity index (χ0n) is 7.41. The molecule has 0 fully saturated rings. The van der Waals surface area contributed by atoms with E-state index in [0.717, 1.165) is 16.1 Å². The van der Waals surface area contributed by atoms with Crippen LogP contribution in [0, 0.1) is 6.92 Å². The number of nitrogen functional groups attached to an aromatic ring is 1. The third-order valence-electron chi connectivity index (χ3n) is 1.62. The van der Waals surface area contributed by atoms with Crippen LogP contribution < -0.4 is 11.5 Å². The maximum atomic E-state index is 10.5. The highest BCUT2D eigenvalue weighted by molar-refractivity contribution is 8.00. The summed E-state index contributed by atoms with van der Waals surface area (Å²) in [6, 6.07) is 5.66. The van der Waals surface area contributed by atoms with Crippen molar-refractivity contribution in [1.29, 1.82) is 0 Å². The number of thioether (sulfide) groups is 1. The molecule has 0 radical (unpaired) electrons. The molecule has 13 heavy (non-hydrogen) atoms. The van der Waals surface area contributed by atoms with Crippen molar-refractivity contribution in [2.75, 3.05) is 11.5 Å². The fourth-order valence-corrected chi connectivity index (χ4v) is 1.63. The number of rotatable bonds is 3. The lowest BCUT2D eigenvalue weighted by Gasteiger charge is -2.02. The molecule has 0 aromatic heterocycles. The van der Waals surface area contributed by atoms with Crippen LogP contribution in [-0.2, 0) is 4.79 Å². The Morgan fingerprint density at radius 3 is 2.77 bits per heavy atom. The molecule has 0 aliphatic heterocycles. The van der Waals surface area contributed by atoms with Crippen molar-refractivity contribution in [1.82, 2.24) is 0 Å². The monoisotopic (exact) mass is 196 g/mol. The van der Waals surface area contributed by atoms with Gasteiger partial charge in [-0.1, -0.05) is 0 Å². The number of hydrogen-bond donors (Lipinski definition) is 2. The minimum absolute atomic E-state index is 0.306. The van der Waals surface area contributed by atoms with Gasteiger partial charge in [0.05, 0.1) is 5.75 Å². The average molecular weight is 196 g/mol. The number of aryl methyl sites for hydroxylation is 1. The molecular formula is C9H12N2OS. The summed E-state index contributed by atoms with van der Waals surface area (Å²) in [7, 11) is 0. The zero-order chi connectivity index (χ0) is 9.84. The highest BCUT2D eigenvalue weighted by atomic mass is 32.2.